The van der Waals surface area contributed by atoms with E-state index in [0.29, 0.717) is 18.7 Å². The number of aryl methyl sites for hydroxylation is 2. The van der Waals surface area contributed by atoms with Crippen molar-refractivity contribution in [2.75, 3.05) is 11.9 Å². The quantitative estimate of drug-likeness (QED) is 0.342. The molecule has 4 rings (SSSR count). The van der Waals surface area contributed by atoms with E-state index in [9.17, 15) is 9.59 Å². The van der Waals surface area contributed by atoms with Crippen molar-refractivity contribution >= 4 is 28.5 Å². The van der Waals surface area contributed by atoms with E-state index in [1.807, 2.05) is 67.6 Å². The number of para-hydroxylation sites is 1. The number of carbonyl (C=O) groups excluding carboxylic acids is 2. The molecule has 0 bridgehead atoms. The number of hydrogen-bond acceptors (Lipinski definition) is 4. The van der Waals surface area contributed by atoms with Gasteiger partial charge in [0.2, 0.25) is 5.91 Å². The first kappa shape index (κ1) is 23.0. The summed E-state index contributed by atoms with van der Waals surface area (Å²) in [6.45, 7) is 4.40. The van der Waals surface area contributed by atoms with E-state index >= 15 is 0 Å². The van der Waals surface area contributed by atoms with Gasteiger partial charge in [-0.05, 0) is 55.3 Å². The molecule has 0 fully saturated rings. The lowest BCUT2D eigenvalue weighted by Crippen LogP contribution is -2.23. The molecular weight excluding hydrogens is 428 g/mol. The van der Waals surface area contributed by atoms with Crippen molar-refractivity contribution in [2.45, 2.75) is 33.2 Å². The van der Waals surface area contributed by atoms with Crippen molar-refractivity contribution in [3.8, 4) is 5.75 Å². The zero-order valence-corrected chi connectivity index (χ0v) is 19.4. The van der Waals surface area contributed by atoms with Gasteiger partial charge in [-0.3, -0.25) is 9.59 Å². The molecular formula is C27H28N4O3. The third-order valence-corrected chi connectivity index (χ3v) is 5.43. The molecule has 0 aliphatic heterocycles. The van der Waals surface area contributed by atoms with E-state index in [1.165, 1.54) is 6.92 Å². The highest BCUT2D eigenvalue weighted by molar-refractivity contribution is 5.97. The van der Waals surface area contributed by atoms with E-state index in [-0.39, 0.29) is 11.8 Å². The van der Waals surface area contributed by atoms with Gasteiger partial charge in [0.1, 0.15) is 11.6 Å². The second-order valence-electron chi connectivity index (χ2n) is 8.02. The van der Waals surface area contributed by atoms with Crippen molar-refractivity contribution < 1.29 is 14.3 Å². The average Bonchev–Trinajstić information content (AvgIpc) is 3.25. The third kappa shape index (κ3) is 5.81. The summed E-state index contributed by atoms with van der Waals surface area (Å²) in [4.78, 5) is 31.9. The van der Waals surface area contributed by atoms with Gasteiger partial charge in [-0.1, -0.05) is 30.3 Å². The smallest absolute Gasteiger partial charge is 0.251 e. The molecule has 0 saturated heterocycles. The maximum absolute atomic E-state index is 12.7. The number of hydrogen-bond donors (Lipinski definition) is 3. The number of ether oxygens (including phenoxy) is 1. The number of aromatic amines is 1. The average molecular weight is 457 g/mol. The Morgan fingerprint density at radius 1 is 1.00 bits per heavy atom. The molecule has 1 heterocycles. The highest BCUT2D eigenvalue weighted by Crippen LogP contribution is 2.19. The summed E-state index contributed by atoms with van der Waals surface area (Å²) in [6, 6.07) is 21.0. The lowest BCUT2D eigenvalue weighted by Gasteiger charge is -2.11. The number of benzene rings is 3. The van der Waals surface area contributed by atoms with E-state index < -0.39 is 0 Å². The predicted octanol–water partition coefficient (Wildman–Crippen LogP) is 4.64. The van der Waals surface area contributed by atoms with Crippen LogP contribution >= 0.6 is 0 Å². The maximum atomic E-state index is 12.7. The Morgan fingerprint density at radius 2 is 1.79 bits per heavy atom. The van der Waals surface area contributed by atoms with Crippen LogP contribution in [-0.4, -0.2) is 28.4 Å². The van der Waals surface area contributed by atoms with Crippen LogP contribution in [0.4, 0.5) is 5.69 Å². The number of aromatic nitrogens is 2. The largest absolute Gasteiger partial charge is 0.494 e. The summed E-state index contributed by atoms with van der Waals surface area (Å²) in [5.74, 6) is 1.41. The highest BCUT2D eigenvalue weighted by Gasteiger charge is 2.11. The van der Waals surface area contributed by atoms with Crippen LogP contribution < -0.4 is 15.4 Å². The van der Waals surface area contributed by atoms with Crippen LogP contribution in [0.1, 0.15) is 41.2 Å². The lowest BCUT2D eigenvalue weighted by molar-refractivity contribution is -0.114. The predicted molar refractivity (Wildman–Crippen MR) is 133 cm³/mol. The van der Waals surface area contributed by atoms with Crippen LogP contribution in [0.25, 0.3) is 11.0 Å². The van der Waals surface area contributed by atoms with Crippen molar-refractivity contribution in [2.24, 2.45) is 0 Å². The normalized spacial score (nSPS) is 10.8. The summed E-state index contributed by atoms with van der Waals surface area (Å²) < 4.78 is 5.63. The Bertz CT molecular complexity index is 1290. The molecule has 174 valence electrons. The molecule has 0 spiro atoms. The fraction of sp³-hybridized carbons (Fsp3) is 0.222. The minimum atomic E-state index is -0.149. The molecule has 0 unspecified atom stereocenters. The van der Waals surface area contributed by atoms with Gasteiger partial charge in [0, 0.05) is 36.7 Å². The van der Waals surface area contributed by atoms with E-state index in [4.69, 9.17) is 4.74 Å². The van der Waals surface area contributed by atoms with Crippen molar-refractivity contribution in [3.05, 3.63) is 89.2 Å². The maximum Gasteiger partial charge on any atom is 0.251 e. The first-order valence-electron chi connectivity index (χ1n) is 11.4. The number of nitrogens with one attached hydrogen (secondary N) is 3. The zero-order valence-electron chi connectivity index (χ0n) is 19.4. The molecule has 0 aliphatic rings. The van der Waals surface area contributed by atoms with Crippen LogP contribution in [0.3, 0.4) is 0 Å². The SMILES string of the molecule is CCOc1ccccc1CNC(=O)c1ccc2nc(CCc3ccc(NC(C)=O)cc3)[nH]c2c1. The molecule has 0 aliphatic carbocycles. The number of rotatable bonds is 9. The molecule has 0 radical (unpaired) electrons. The van der Waals surface area contributed by atoms with Gasteiger partial charge in [-0.25, -0.2) is 4.98 Å². The highest BCUT2D eigenvalue weighted by atomic mass is 16.5. The molecule has 0 atom stereocenters. The third-order valence-electron chi connectivity index (χ3n) is 5.43. The van der Waals surface area contributed by atoms with Gasteiger partial charge in [-0.15, -0.1) is 0 Å². The minimum Gasteiger partial charge on any atom is -0.494 e. The Balaban J connectivity index is 1.38. The molecule has 3 N–H and O–H groups in total. The van der Waals surface area contributed by atoms with Crippen molar-refractivity contribution in [1.82, 2.24) is 15.3 Å². The van der Waals surface area contributed by atoms with E-state index in [2.05, 4.69) is 20.6 Å². The monoisotopic (exact) mass is 456 g/mol. The first-order chi connectivity index (χ1) is 16.5. The summed E-state index contributed by atoms with van der Waals surface area (Å²) >= 11 is 0. The topological polar surface area (TPSA) is 96.1 Å². The van der Waals surface area contributed by atoms with Gasteiger partial charge < -0.3 is 20.4 Å². The van der Waals surface area contributed by atoms with Crippen LogP contribution in [0.5, 0.6) is 5.75 Å². The van der Waals surface area contributed by atoms with E-state index in [0.717, 1.165) is 52.3 Å². The fourth-order valence-corrected chi connectivity index (χ4v) is 3.77. The van der Waals surface area contributed by atoms with Gasteiger partial charge in [0.15, 0.2) is 0 Å². The molecule has 7 nitrogen and oxygen atoms in total. The van der Waals surface area contributed by atoms with Crippen LogP contribution in [-0.2, 0) is 24.2 Å². The van der Waals surface area contributed by atoms with Gasteiger partial charge >= 0.3 is 0 Å². The number of imidazole rings is 1. The number of anilines is 1. The van der Waals surface area contributed by atoms with Crippen molar-refractivity contribution in [3.63, 3.8) is 0 Å². The van der Waals surface area contributed by atoms with Crippen LogP contribution in [0.15, 0.2) is 66.7 Å². The summed E-state index contributed by atoms with van der Waals surface area (Å²) in [7, 11) is 0. The molecule has 3 aromatic carbocycles. The Hall–Kier alpha value is -4.13. The summed E-state index contributed by atoms with van der Waals surface area (Å²) in [5.41, 5.74) is 5.11. The number of H-pyrrole nitrogens is 1. The van der Waals surface area contributed by atoms with Crippen molar-refractivity contribution in [1.29, 1.82) is 0 Å². The fourth-order valence-electron chi connectivity index (χ4n) is 3.77. The summed E-state index contributed by atoms with van der Waals surface area (Å²) in [5, 5.41) is 5.74. The lowest BCUT2D eigenvalue weighted by atomic mass is 10.1. The van der Waals surface area contributed by atoms with Gasteiger partial charge in [-0.2, -0.15) is 0 Å². The number of nitrogens with zero attached hydrogens (tertiary/aromatic N) is 1. The van der Waals surface area contributed by atoms with Gasteiger partial charge in [0.05, 0.1) is 17.6 Å². The molecule has 1 aromatic heterocycles. The second-order valence-corrected chi connectivity index (χ2v) is 8.02. The van der Waals surface area contributed by atoms with Gasteiger partial charge in [0.25, 0.3) is 5.91 Å². The standard InChI is InChI=1S/C27H28N4O3/c1-3-34-25-7-5-4-6-21(25)17-28-27(33)20-11-14-23-24(16-20)31-26(30-23)15-10-19-8-12-22(13-9-19)29-18(2)32/h4-9,11-14,16H,3,10,15,17H2,1-2H3,(H,28,33)(H,29,32)(H,30,31). The zero-order chi connectivity index (χ0) is 23.9. The van der Waals surface area contributed by atoms with Crippen LogP contribution in [0.2, 0.25) is 0 Å². The number of fused-ring (bicyclic) bond motifs is 1. The Morgan fingerprint density at radius 3 is 2.56 bits per heavy atom. The minimum absolute atomic E-state index is 0.0848. The molecule has 0 saturated carbocycles. The molecule has 2 amide bonds. The number of carbonyl (C=O) groups is 2. The molecule has 34 heavy (non-hydrogen) atoms. The summed E-state index contributed by atoms with van der Waals surface area (Å²) in [6.07, 6.45) is 1.55. The van der Waals surface area contributed by atoms with E-state index in [1.54, 1.807) is 6.07 Å². The second kappa shape index (κ2) is 10.7. The first-order valence-corrected chi connectivity index (χ1v) is 11.4. The van der Waals surface area contributed by atoms with Crippen LogP contribution in [0, 0.1) is 0 Å². The Labute approximate surface area is 198 Å². The molecule has 4 aromatic rings. The Kier molecular flexibility index (Phi) is 7.22. The number of amides is 2. The molecule has 7 heteroatoms.